The molecule has 1 aromatic rings. The van der Waals surface area contributed by atoms with Crippen LogP contribution in [0.3, 0.4) is 0 Å². The van der Waals surface area contributed by atoms with Crippen LogP contribution in [-0.4, -0.2) is 201 Å². The molecule has 2 aliphatic rings. The maximum absolute atomic E-state index is 16.2. The molecule has 8 unspecified atom stereocenters. The van der Waals surface area contributed by atoms with Crippen LogP contribution in [0.1, 0.15) is 90.9 Å². The van der Waals surface area contributed by atoms with Gasteiger partial charge < -0.3 is 117 Å². The Bertz CT molecular complexity index is 2970. The Hall–Kier alpha value is -9.35. The van der Waals surface area contributed by atoms with E-state index in [0.29, 0.717) is 0 Å². The molecular formula is C54H93F4N27O9S2. The van der Waals surface area contributed by atoms with E-state index in [1.54, 1.807) is 0 Å². The molecule has 0 saturated heterocycles. The van der Waals surface area contributed by atoms with Gasteiger partial charge in [-0.1, -0.05) is 13.8 Å². The first kappa shape index (κ1) is 82.7. The highest BCUT2D eigenvalue weighted by molar-refractivity contribution is 7.99. The number of likely N-dealkylation sites (N-methyl/N-ethyl adjacent to an activating group) is 1. The van der Waals surface area contributed by atoms with Crippen molar-refractivity contribution in [1.29, 1.82) is 0 Å². The Morgan fingerprint density at radius 1 is 0.417 bits per heavy atom. The normalized spacial score (nSPS) is 20.4. The van der Waals surface area contributed by atoms with E-state index in [2.05, 4.69) is 77.8 Å². The summed E-state index contributed by atoms with van der Waals surface area (Å²) in [6.07, 6.45) is -1.65. The van der Waals surface area contributed by atoms with E-state index in [9.17, 15) is 43.2 Å². The largest absolute Gasteiger partial charge is 0.370 e. The zero-order valence-electron chi connectivity index (χ0n) is 53.7. The third kappa shape index (κ3) is 31.3. The van der Waals surface area contributed by atoms with Crippen molar-refractivity contribution in [3.63, 3.8) is 0 Å². The number of thioether (sulfide) groups is 2. The number of amides is 8. The number of carbonyl (C=O) groups excluding carboxylic acids is 9. The molecule has 33 N–H and O–H groups in total. The van der Waals surface area contributed by atoms with Crippen molar-refractivity contribution in [3.05, 3.63) is 23.3 Å². The van der Waals surface area contributed by atoms with E-state index in [1.807, 2.05) is 0 Å². The molecule has 3 rings (SSSR count). The van der Waals surface area contributed by atoms with Crippen LogP contribution in [0.15, 0.2) is 39.7 Å². The van der Waals surface area contributed by atoms with Gasteiger partial charge in [0.2, 0.25) is 47.3 Å². The summed E-state index contributed by atoms with van der Waals surface area (Å²) < 4.78 is 64.7. The predicted octanol–water partition coefficient (Wildman–Crippen LogP) is -6.91. The van der Waals surface area contributed by atoms with Crippen molar-refractivity contribution in [1.82, 2.24) is 47.9 Å². The van der Waals surface area contributed by atoms with Crippen molar-refractivity contribution >= 4 is 112 Å². The van der Waals surface area contributed by atoms with Gasteiger partial charge in [0.05, 0.1) is 22.4 Å². The van der Waals surface area contributed by atoms with Crippen LogP contribution in [0.25, 0.3) is 0 Å². The summed E-state index contributed by atoms with van der Waals surface area (Å²) in [5.41, 5.74) is 66.6. The molecule has 8 amide bonds. The van der Waals surface area contributed by atoms with Crippen molar-refractivity contribution < 1.29 is 60.7 Å². The monoisotopic (exact) mass is 1400 g/mol. The number of carbonyl (C=O) groups is 9. The van der Waals surface area contributed by atoms with Crippen LogP contribution in [0.2, 0.25) is 0 Å². The minimum atomic E-state index is -1.95. The Balaban J connectivity index is 3.11. The summed E-state index contributed by atoms with van der Waals surface area (Å²) in [6.45, 7) is 1.83. The molecule has 0 spiro atoms. The summed E-state index contributed by atoms with van der Waals surface area (Å²) in [5.74, 6) is -20.8. The summed E-state index contributed by atoms with van der Waals surface area (Å²) in [5, 5.41) is 22.8. The smallest absolute Gasteiger partial charge is 0.243 e. The first-order chi connectivity index (χ1) is 45.3. The first-order valence-corrected chi connectivity index (χ1v) is 32.3. The molecule has 96 heavy (non-hydrogen) atoms. The van der Waals surface area contributed by atoms with Crippen LogP contribution in [0, 0.1) is 29.2 Å². The number of benzene rings is 1. The number of rotatable bonds is 29. The highest BCUT2D eigenvalue weighted by Crippen LogP contribution is 2.36. The van der Waals surface area contributed by atoms with Gasteiger partial charge in [0.1, 0.15) is 42.3 Å². The summed E-state index contributed by atoms with van der Waals surface area (Å²) in [7, 11) is 1.25. The van der Waals surface area contributed by atoms with E-state index in [0.717, 1.165) is 0 Å². The zero-order chi connectivity index (χ0) is 72.2. The Labute approximate surface area is 560 Å². The fraction of sp³-hybridized carbons (Fsp3) is 0.611. The fourth-order valence-electron chi connectivity index (χ4n) is 8.69. The van der Waals surface area contributed by atoms with Gasteiger partial charge in [-0.25, -0.2) is 17.6 Å². The fourth-order valence-corrected chi connectivity index (χ4v) is 10.8. The third-order valence-corrected chi connectivity index (χ3v) is 16.1. The average Bonchev–Trinajstić information content (AvgIpc) is 0.794. The lowest BCUT2D eigenvalue weighted by Crippen LogP contribution is -2.60. The summed E-state index contributed by atoms with van der Waals surface area (Å²) in [6, 6.07) is -13.0. The number of Topliss-reactive ketones (excluding diaryl/α,β-unsaturated/α-hetero) is 1. The number of guanidine groups is 6. The van der Waals surface area contributed by atoms with Gasteiger partial charge in [-0.2, -0.15) is 0 Å². The van der Waals surface area contributed by atoms with Crippen molar-refractivity contribution in [2.24, 2.45) is 105 Å². The number of hydrogen-bond acceptors (Lipinski definition) is 18. The molecule has 1 aromatic carbocycles. The molecule has 8 atom stereocenters. The van der Waals surface area contributed by atoms with Crippen LogP contribution >= 0.6 is 23.5 Å². The van der Waals surface area contributed by atoms with Crippen molar-refractivity contribution in [3.8, 4) is 0 Å². The van der Waals surface area contributed by atoms with E-state index in [-0.39, 0.29) is 176 Å². The topological polar surface area (TPSA) is 648 Å². The molecule has 36 nitrogen and oxygen atoms in total. The Morgan fingerprint density at radius 3 is 0.896 bits per heavy atom. The van der Waals surface area contributed by atoms with Gasteiger partial charge in [-0.05, 0) is 84.1 Å². The van der Waals surface area contributed by atoms with Gasteiger partial charge in [0.25, 0.3) is 0 Å². The number of fused-ring (bicyclic) bond motifs is 27. The third-order valence-electron chi connectivity index (χ3n) is 13.8. The molecule has 2 aliphatic heterocycles. The number of nitrogens with zero attached hydrogens (tertiary/aromatic N) is 6. The Kier molecular flexibility index (Phi) is 37.6. The zero-order valence-corrected chi connectivity index (χ0v) is 55.3. The number of nitrogens with one attached hydrogen (secondary N) is 9. The second-order valence-corrected chi connectivity index (χ2v) is 23.9. The molecule has 0 aromatic heterocycles. The van der Waals surface area contributed by atoms with E-state index in [1.165, 1.54) is 20.9 Å². The molecule has 0 aliphatic carbocycles. The number of halogens is 4. The first-order valence-electron chi connectivity index (χ1n) is 30.3. The van der Waals surface area contributed by atoms with Crippen LogP contribution in [0.4, 0.5) is 17.6 Å². The highest BCUT2D eigenvalue weighted by Gasteiger charge is 2.36. The van der Waals surface area contributed by atoms with Crippen LogP contribution in [-0.2, 0) is 43.2 Å². The molecule has 538 valence electrons. The molecule has 0 radical (unpaired) electrons. The highest BCUT2D eigenvalue weighted by atomic mass is 32.2. The maximum Gasteiger partial charge on any atom is 0.243 e. The quantitative estimate of drug-likeness (QED) is 0.00885. The van der Waals surface area contributed by atoms with Crippen LogP contribution < -0.4 is 117 Å². The van der Waals surface area contributed by atoms with Gasteiger partial charge in [0.15, 0.2) is 64.8 Å². The standard InChI is InChI=1S/C54H93F4N27O9S2/c1-25(2)34(86)22-78-41(87)33-24-96-40-37(57)35(55)39(36(56)38(40)58)95-23-32(71-3)48(94)84-30(14-8-20-76-53(67)68)46(92)82-28(12-6-18-74-51(63)64)44(90)80-26(10-4-16-72-49(59)60)42(88)79-27(11-5-17-73-50(61)62)43(89)81-29(13-7-19-75-52(65)66)45(91)83-31(47(93)85-33)15-9-21-77-54(69)70/h25-33,71H,4-24H2,1-3H3,(H,78,87)(H,79,88)(H,80,90)(H,81,89)(H,82,92)(H,83,91)(H,84,94)(H,85,93)(H4,59,60,72)(H4,61,62,73)(H4,63,64,74)(H4,65,66,75)(H4,67,68,76)(H4,69,70,77). The predicted molar refractivity (Wildman–Crippen MR) is 356 cm³/mol. The Morgan fingerprint density at radius 2 is 0.656 bits per heavy atom. The lowest BCUT2D eigenvalue weighted by molar-refractivity contribution is -0.136. The molecule has 2 heterocycles. The van der Waals surface area contributed by atoms with Gasteiger partial charge in [0, 0.05) is 56.7 Å². The van der Waals surface area contributed by atoms with Crippen molar-refractivity contribution in [2.75, 3.05) is 64.4 Å². The molecule has 0 fully saturated rings. The number of hydrogen-bond donors (Lipinski definition) is 21. The van der Waals surface area contributed by atoms with E-state index >= 15 is 17.6 Å². The second kappa shape index (κ2) is 43.6. The molecule has 0 saturated carbocycles. The lowest BCUT2D eigenvalue weighted by atomic mass is 10.0. The van der Waals surface area contributed by atoms with Gasteiger partial charge >= 0.3 is 0 Å². The van der Waals surface area contributed by atoms with Gasteiger partial charge in [-0.3, -0.25) is 73.1 Å². The molecule has 42 heteroatoms. The summed E-state index contributed by atoms with van der Waals surface area (Å²) >= 11 is 0.206. The number of nitrogens with two attached hydrogens (primary N) is 12. The van der Waals surface area contributed by atoms with Gasteiger partial charge in [-0.15, -0.1) is 23.5 Å². The second-order valence-electron chi connectivity index (χ2n) is 21.8. The van der Waals surface area contributed by atoms with E-state index in [4.69, 9.17) is 68.8 Å². The summed E-state index contributed by atoms with van der Waals surface area (Å²) in [4.78, 5) is 150. The minimum absolute atomic E-state index is 0.00321. The van der Waals surface area contributed by atoms with Crippen molar-refractivity contribution in [2.45, 2.75) is 149 Å². The number of ketones is 1. The van der Waals surface area contributed by atoms with Crippen LogP contribution in [0.5, 0.6) is 0 Å². The minimum Gasteiger partial charge on any atom is -0.370 e. The maximum atomic E-state index is 16.2. The SMILES string of the molecule is CNC1CSc2c(F)c(F)c(c(F)c2F)SCC(C(=O)NCC(=O)C(C)C)NC(=O)C(CCCN=C(N)N)NC(=O)C(CCCN=C(N)N)NC(=O)C(CCCN=C(N)N)NC(=O)C(CCCN=C(N)N)NC(=O)C(CCCN=C(N)N)NC(=O)C(CCCN=C(N)N)NC1=O. The molecular weight excluding hydrogens is 1310 g/mol. The average molecular weight is 1400 g/mol. The lowest BCUT2D eigenvalue weighted by Gasteiger charge is -2.28. The van der Waals surface area contributed by atoms with E-state index < -0.39 is 158 Å². The molecule has 2 bridgehead atoms. The number of aliphatic imine (C=N–C) groups is 6.